The van der Waals surface area contributed by atoms with Gasteiger partial charge in [0.25, 0.3) is 0 Å². The molecule has 4 rings (SSSR count). The Balaban J connectivity index is 1.79. The quantitative estimate of drug-likeness (QED) is 0.508. The fourth-order valence-corrected chi connectivity index (χ4v) is 5.54. The zero-order valence-corrected chi connectivity index (χ0v) is 18.2. The monoisotopic (exact) mass is 428 g/mol. The van der Waals surface area contributed by atoms with Crippen LogP contribution < -0.4 is 0 Å². The summed E-state index contributed by atoms with van der Waals surface area (Å²) >= 11 is 1.74. The van der Waals surface area contributed by atoms with Gasteiger partial charge in [-0.05, 0) is 47.7 Å². The Bertz CT molecular complexity index is 1020. The third-order valence-electron chi connectivity index (χ3n) is 6.15. The summed E-state index contributed by atoms with van der Waals surface area (Å²) in [6, 6.07) is 14.0. The lowest BCUT2D eigenvalue weighted by atomic mass is 9.78. The van der Waals surface area contributed by atoms with Crippen LogP contribution in [0.5, 0.6) is 5.75 Å². The maximum atomic E-state index is 10.6. The van der Waals surface area contributed by atoms with Gasteiger partial charge in [-0.1, -0.05) is 32.0 Å². The van der Waals surface area contributed by atoms with Crippen LogP contribution in [0.15, 0.2) is 42.5 Å². The highest BCUT2D eigenvalue weighted by molar-refractivity contribution is 7.19. The van der Waals surface area contributed by atoms with Gasteiger partial charge in [0, 0.05) is 27.0 Å². The largest absolute Gasteiger partial charge is 0.508 e. The highest BCUT2D eigenvalue weighted by Gasteiger charge is 2.39. The van der Waals surface area contributed by atoms with Gasteiger partial charge in [-0.15, -0.1) is 11.3 Å². The van der Waals surface area contributed by atoms with Crippen molar-refractivity contribution in [1.82, 2.24) is 0 Å². The molecule has 160 valence electrons. The second-order valence-electron chi connectivity index (χ2n) is 8.65. The van der Waals surface area contributed by atoms with Crippen molar-refractivity contribution >= 4 is 21.4 Å². The summed E-state index contributed by atoms with van der Waals surface area (Å²) < 4.78 is 7.05. The van der Waals surface area contributed by atoms with Gasteiger partial charge >= 0.3 is 0 Å². The van der Waals surface area contributed by atoms with Gasteiger partial charge < -0.3 is 25.2 Å². The van der Waals surface area contributed by atoms with Crippen molar-refractivity contribution in [2.24, 2.45) is 0 Å². The average molecular weight is 429 g/mol. The van der Waals surface area contributed by atoms with E-state index >= 15 is 0 Å². The smallest absolute Gasteiger partial charge is 0.121 e. The maximum Gasteiger partial charge on any atom is 0.121 e. The second kappa shape index (κ2) is 7.94. The molecule has 0 saturated carbocycles. The first-order chi connectivity index (χ1) is 14.2. The first kappa shape index (κ1) is 21.3. The number of fused-ring (bicyclic) bond motifs is 1. The van der Waals surface area contributed by atoms with E-state index in [2.05, 4.69) is 32.0 Å². The van der Waals surface area contributed by atoms with Crippen molar-refractivity contribution in [3.05, 3.63) is 64.0 Å². The van der Waals surface area contributed by atoms with Gasteiger partial charge in [-0.25, -0.2) is 0 Å². The van der Waals surface area contributed by atoms with E-state index in [-0.39, 0.29) is 24.2 Å². The van der Waals surface area contributed by atoms with Crippen LogP contribution in [-0.4, -0.2) is 45.3 Å². The first-order valence-electron chi connectivity index (χ1n) is 10.2. The first-order valence-corrected chi connectivity index (χ1v) is 11.0. The molecule has 0 amide bonds. The van der Waals surface area contributed by atoms with Crippen LogP contribution in [0.2, 0.25) is 0 Å². The standard InChI is InChI=1S/C24H28O5S/c1-13-8-18(26)16(23-22(28)19(27)10-15(12-25)29-23)11-17(13)24(2,3)21-9-14-6-4-5-7-20(14)30-21/h4-9,11,15,19,22-23,25-28H,10,12H2,1-3H3. The molecule has 0 bridgehead atoms. The number of phenolic OH excluding ortho intramolecular Hbond substituents is 1. The summed E-state index contributed by atoms with van der Waals surface area (Å²) in [6.45, 7) is 5.99. The lowest BCUT2D eigenvalue weighted by Gasteiger charge is -2.37. The van der Waals surface area contributed by atoms with Crippen LogP contribution in [0.4, 0.5) is 0 Å². The van der Waals surface area contributed by atoms with Crippen LogP contribution in [-0.2, 0) is 10.2 Å². The van der Waals surface area contributed by atoms with Gasteiger partial charge in [-0.2, -0.15) is 0 Å². The molecule has 4 atom stereocenters. The molecule has 1 aromatic heterocycles. The predicted octanol–water partition coefficient (Wildman–Crippen LogP) is 3.79. The highest BCUT2D eigenvalue weighted by atomic mass is 32.1. The Morgan fingerprint density at radius 2 is 1.87 bits per heavy atom. The van der Waals surface area contributed by atoms with E-state index in [0.717, 1.165) is 11.1 Å². The number of aromatic hydroxyl groups is 1. The van der Waals surface area contributed by atoms with E-state index in [9.17, 15) is 20.4 Å². The minimum absolute atomic E-state index is 0.0123. The summed E-state index contributed by atoms with van der Waals surface area (Å²) in [5, 5.41) is 42.1. The Hall–Kier alpha value is -1.96. The van der Waals surface area contributed by atoms with Crippen LogP contribution in [0.25, 0.3) is 10.1 Å². The lowest BCUT2D eigenvalue weighted by molar-refractivity contribution is -0.180. The molecule has 4 N–H and O–H groups in total. The molecule has 2 heterocycles. The molecule has 4 unspecified atom stereocenters. The summed E-state index contributed by atoms with van der Waals surface area (Å²) in [7, 11) is 0. The zero-order chi connectivity index (χ0) is 21.6. The van der Waals surface area contributed by atoms with Crippen molar-refractivity contribution in [2.45, 2.75) is 57.0 Å². The number of hydrogen-bond donors (Lipinski definition) is 4. The highest BCUT2D eigenvalue weighted by Crippen LogP contribution is 2.44. The third kappa shape index (κ3) is 3.63. The number of phenols is 1. The molecule has 30 heavy (non-hydrogen) atoms. The van der Waals surface area contributed by atoms with Crippen LogP contribution in [0.3, 0.4) is 0 Å². The van der Waals surface area contributed by atoms with Crippen LogP contribution in [0, 0.1) is 6.92 Å². The zero-order valence-electron chi connectivity index (χ0n) is 17.4. The number of aliphatic hydroxyl groups excluding tert-OH is 3. The summed E-state index contributed by atoms with van der Waals surface area (Å²) in [5.74, 6) is 0.0123. The topological polar surface area (TPSA) is 90.2 Å². The Labute approximate surface area is 180 Å². The molecule has 0 radical (unpaired) electrons. The predicted molar refractivity (Wildman–Crippen MR) is 118 cm³/mol. The Morgan fingerprint density at radius 1 is 1.13 bits per heavy atom. The molecule has 0 aliphatic carbocycles. The van der Waals surface area contributed by atoms with Crippen molar-refractivity contribution in [1.29, 1.82) is 0 Å². The molecule has 1 aliphatic heterocycles. The molecule has 2 aromatic carbocycles. The Morgan fingerprint density at radius 3 is 2.57 bits per heavy atom. The molecule has 3 aromatic rings. The molecular weight excluding hydrogens is 400 g/mol. The maximum absolute atomic E-state index is 10.6. The molecule has 0 spiro atoms. The van der Waals surface area contributed by atoms with Gasteiger partial charge in [0.15, 0.2) is 0 Å². The number of hydrogen-bond acceptors (Lipinski definition) is 6. The van der Waals surface area contributed by atoms with Crippen molar-refractivity contribution < 1.29 is 25.2 Å². The second-order valence-corrected chi connectivity index (χ2v) is 9.74. The lowest BCUT2D eigenvalue weighted by Crippen LogP contribution is -2.44. The summed E-state index contributed by atoms with van der Waals surface area (Å²) in [4.78, 5) is 1.20. The normalized spacial score (nSPS) is 25.0. The number of ether oxygens (including phenoxy) is 1. The summed E-state index contributed by atoms with van der Waals surface area (Å²) in [6.07, 6.45) is -3.56. The SMILES string of the molecule is Cc1cc(O)c(C2OC(CO)CC(O)C2O)cc1C(C)(C)c1cc2ccccc2s1. The number of aryl methyl sites for hydroxylation is 1. The van der Waals surface area contributed by atoms with Crippen molar-refractivity contribution in [3.8, 4) is 5.75 Å². The van der Waals surface area contributed by atoms with Crippen molar-refractivity contribution in [2.75, 3.05) is 6.61 Å². The fourth-order valence-electron chi connectivity index (χ4n) is 4.36. The number of rotatable bonds is 4. The van der Waals surface area contributed by atoms with Crippen LogP contribution >= 0.6 is 11.3 Å². The average Bonchev–Trinajstić information content (AvgIpc) is 3.15. The van der Waals surface area contributed by atoms with E-state index in [4.69, 9.17) is 4.74 Å². The van der Waals surface area contributed by atoms with E-state index in [1.165, 1.54) is 15.0 Å². The molecule has 5 nitrogen and oxygen atoms in total. The molecule has 1 aliphatic rings. The number of benzene rings is 2. The van der Waals surface area contributed by atoms with Gasteiger partial charge in [0.05, 0.1) is 18.8 Å². The molecular formula is C24H28O5S. The van der Waals surface area contributed by atoms with Crippen molar-refractivity contribution in [3.63, 3.8) is 0 Å². The van der Waals surface area contributed by atoms with Gasteiger partial charge in [0.2, 0.25) is 0 Å². The minimum atomic E-state index is -1.18. The van der Waals surface area contributed by atoms with Crippen LogP contribution in [0.1, 0.15) is 47.9 Å². The molecule has 1 saturated heterocycles. The fraction of sp³-hybridized carbons (Fsp3) is 0.417. The summed E-state index contributed by atoms with van der Waals surface area (Å²) in [5.41, 5.74) is 2.03. The van der Waals surface area contributed by atoms with E-state index in [1.54, 1.807) is 17.4 Å². The minimum Gasteiger partial charge on any atom is -0.508 e. The Kier molecular flexibility index (Phi) is 5.64. The van der Waals surface area contributed by atoms with Gasteiger partial charge in [0.1, 0.15) is 18.0 Å². The third-order valence-corrected chi connectivity index (χ3v) is 7.59. The van der Waals surface area contributed by atoms with E-state index < -0.39 is 24.4 Å². The molecule has 1 fully saturated rings. The van der Waals surface area contributed by atoms with E-state index in [1.807, 2.05) is 25.1 Å². The molecule has 6 heteroatoms. The number of aliphatic hydroxyl groups is 3. The van der Waals surface area contributed by atoms with E-state index in [0.29, 0.717) is 5.56 Å². The number of thiophene rings is 1. The van der Waals surface area contributed by atoms with Gasteiger partial charge in [-0.3, -0.25) is 0 Å².